The van der Waals surface area contributed by atoms with Crippen LogP contribution in [0.25, 0.3) is 0 Å². The van der Waals surface area contributed by atoms with Crippen LogP contribution in [-0.2, 0) is 4.74 Å². The SMILES string of the molecule is CC(C#N)COC1CCCCCC1. The van der Waals surface area contributed by atoms with E-state index in [0.29, 0.717) is 12.7 Å². The lowest BCUT2D eigenvalue weighted by Gasteiger charge is -2.15. The van der Waals surface area contributed by atoms with E-state index >= 15 is 0 Å². The van der Waals surface area contributed by atoms with Crippen LogP contribution in [-0.4, -0.2) is 12.7 Å². The maximum atomic E-state index is 8.59. The molecule has 1 rings (SSSR count). The van der Waals surface area contributed by atoms with E-state index in [-0.39, 0.29) is 5.92 Å². The normalized spacial score (nSPS) is 21.8. The van der Waals surface area contributed by atoms with Gasteiger partial charge in [0.15, 0.2) is 0 Å². The molecule has 0 amide bonds. The Morgan fingerprint density at radius 2 is 1.92 bits per heavy atom. The summed E-state index contributed by atoms with van der Waals surface area (Å²) in [5.74, 6) is 0.0447. The van der Waals surface area contributed by atoms with Crippen LogP contribution in [0, 0.1) is 17.2 Å². The number of rotatable bonds is 3. The molecule has 13 heavy (non-hydrogen) atoms. The molecule has 0 aromatic heterocycles. The third-order valence-electron chi connectivity index (χ3n) is 2.60. The van der Waals surface area contributed by atoms with E-state index in [4.69, 9.17) is 10.00 Å². The van der Waals surface area contributed by atoms with Gasteiger partial charge < -0.3 is 4.74 Å². The van der Waals surface area contributed by atoms with Crippen molar-refractivity contribution >= 4 is 0 Å². The average molecular weight is 181 g/mol. The lowest BCUT2D eigenvalue weighted by Crippen LogP contribution is -2.15. The number of hydrogen-bond donors (Lipinski definition) is 0. The fourth-order valence-electron chi connectivity index (χ4n) is 1.73. The monoisotopic (exact) mass is 181 g/mol. The van der Waals surface area contributed by atoms with Crippen LogP contribution in [0.15, 0.2) is 0 Å². The molecule has 0 heterocycles. The number of nitrogens with zero attached hydrogens (tertiary/aromatic N) is 1. The minimum atomic E-state index is 0.0447. The van der Waals surface area contributed by atoms with E-state index in [1.165, 1.54) is 38.5 Å². The molecule has 74 valence electrons. The van der Waals surface area contributed by atoms with Crippen LogP contribution in [0.3, 0.4) is 0 Å². The highest BCUT2D eigenvalue weighted by atomic mass is 16.5. The summed E-state index contributed by atoms with van der Waals surface area (Å²) in [5.41, 5.74) is 0. The summed E-state index contributed by atoms with van der Waals surface area (Å²) in [6.45, 7) is 2.53. The molecule has 0 N–H and O–H groups in total. The van der Waals surface area contributed by atoms with Gasteiger partial charge >= 0.3 is 0 Å². The highest BCUT2D eigenvalue weighted by Gasteiger charge is 2.13. The molecule has 0 bridgehead atoms. The highest BCUT2D eigenvalue weighted by Crippen LogP contribution is 2.20. The molecule has 1 fully saturated rings. The molecule has 0 saturated heterocycles. The molecule has 1 atom stereocenters. The van der Waals surface area contributed by atoms with Crippen LogP contribution >= 0.6 is 0 Å². The second-order valence-electron chi connectivity index (χ2n) is 3.98. The quantitative estimate of drug-likeness (QED) is 0.627. The summed E-state index contributed by atoms with van der Waals surface area (Å²) in [6, 6.07) is 2.20. The summed E-state index contributed by atoms with van der Waals surface area (Å²) in [4.78, 5) is 0. The molecule has 1 aliphatic rings. The van der Waals surface area contributed by atoms with Crippen LogP contribution in [0.1, 0.15) is 45.4 Å². The van der Waals surface area contributed by atoms with Gasteiger partial charge in [0, 0.05) is 0 Å². The number of hydrogen-bond acceptors (Lipinski definition) is 2. The van der Waals surface area contributed by atoms with Crippen molar-refractivity contribution in [3.63, 3.8) is 0 Å². The van der Waals surface area contributed by atoms with E-state index < -0.39 is 0 Å². The Hall–Kier alpha value is -0.550. The van der Waals surface area contributed by atoms with E-state index in [9.17, 15) is 0 Å². The molecule has 0 aromatic carbocycles. The second kappa shape index (κ2) is 5.99. The maximum Gasteiger partial charge on any atom is 0.0677 e. The van der Waals surface area contributed by atoms with Crippen molar-refractivity contribution in [2.24, 2.45) is 5.92 Å². The average Bonchev–Trinajstić information content (AvgIpc) is 2.42. The summed E-state index contributed by atoms with van der Waals surface area (Å²) < 4.78 is 5.69. The molecule has 0 spiro atoms. The number of nitriles is 1. The van der Waals surface area contributed by atoms with Gasteiger partial charge in [0.25, 0.3) is 0 Å². The zero-order chi connectivity index (χ0) is 9.52. The lowest BCUT2D eigenvalue weighted by atomic mass is 10.1. The molecule has 0 aliphatic heterocycles. The summed E-state index contributed by atoms with van der Waals surface area (Å²) in [7, 11) is 0. The first-order chi connectivity index (χ1) is 6.33. The minimum absolute atomic E-state index is 0.0447. The first-order valence-corrected chi connectivity index (χ1v) is 5.34. The molecule has 2 nitrogen and oxygen atoms in total. The van der Waals surface area contributed by atoms with Crippen molar-refractivity contribution in [2.75, 3.05) is 6.61 Å². The first kappa shape index (κ1) is 10.5. The Kier molecular flexibility index (Phi) is 4.85. The Bertz CT molecular complexity index is 165. The second-order valence-corrected chi connectivity index (χ2v) is 3.98. The standard InChI is InChI=1S/C11H19NO/c1-10(8-12)9-13-11-6-4-2-3-5-7-11/h10-11H,2-7,9H2,1H3. The Morgan fingerprint density at radius 1 is 1.31 bits per heavy atom. The number of ether oxygens (including phenoxy) is 1. The van der Waals surface area contributed by atoms with Gasteiger partial charge in [0.2, 0.25) is 0 Å². The molecule has 0 aromatic rings. The summed E-state index contributed by atoms with van der Waals surface area (Å²) in [5, 5.41) is 8.59. The first-order valence-electron chi connectivity index (χ1n) is 5.34. The molecule has 2 heteroatoms. The van der Waals surface area contributed by atoms with E-state index in [2.05, 4.69) is 6.07 Å². The van der Waals surface area contributed by atoms with Crippen LogP contribution < -0.4 is 0 Å². The topological polar surface area (TPSA) is 33.0 Å². The molecule has 1 aliphatic carbocycles. The highest BCUT2D eigenvalue weighted by molar-refractivity contribution is 4.78. The van der Waals surface area contributed by atoms with Crippen LogP contribution in [0.2, 0.25) is 0 Å². The summed E-state index contributed by atoms with van der Waals surface area (Å²) in [6.07, 6.45) is 8.12. The Balaban J connectivity index is 2.16. The molecule has 1 unspecified atom stereocenters. The predicted molar refractivity (Wildman–Crippen MR) is 52.2 cm³/mol. The molecular weight excluding hydrogens is 162 g/mol. The van der Waals surface area contributed by atoms with Crippen molar-refractivity contribution in [1.82, 2.24) is 0 Å². The fourth-order valence-corrected chi connectivity index (χ4v) is 1.73. The fraction of sp³-hybridized carbons (Fsp3) is 0.909. The van der Waals surface area contributed by atoms with E-state index in [1.807, 2.05) is 6.92 Å². The van der Waals surface area contributed by atoms with Gasteiger partial charge in [-0.05, 0) is 19.8 Å². The van der Waals surface area contributed by atoms with Crippen molar-refractivity contribution in [3.05, 3.63) is 0 Å². The largest absolute Gasteiger partial charge is 0.377 e. The van der Waals surface area contributed by atoms with Gasteiger partial charge in [0.05, 0.1) is 24.7 Å². The maximum absolute atomic E-state index is 8.59. The molecular formula is C11H19NO. The zero-order valence-electron chi connectivity index (χ0n) is 8.46. The van der Waals surface area contributed by atoms with Crippen molar-refractivity contribution in [3.8, 4) is 6.07 Å². The van der Waals surface area contributed by atoms with Crippen molar-refractivity contribution in [2.45, 2.75) is 51.6 Å². The van der Waals surface area contributed by atoms with Crippen molar-refractivity contribution < 1.29 is 4.74 Å². The minimum Gasteiger partial charge on any atom is -0.377 e. The van der Waals surface area contributed by atoms with E-state index in [1.54, 1.807) is 0 Å². The lowest BCUT2D eigenvalue weighted by molar-refractivity contribution is 0.0326. The van der Waals surface area contributed by atoms with Gasteiger partial charge in [-0.2, -0.15) is 5.26 Å². The third-order valence-corrected chi connectivity index (χ3v) is 2.60. The van der Waals surface area contributed by atoms with Gasteiger partial charge in [-0.15, -0.1) is 0 Å². The van der Waals surface area contributed by atoms with Gasteiger partial charge in [-0.1, -0.05) is 25.7 Å². The smallest absolute Gasteiger partial charge is 0.0677 e. The van der Waals surface area contributed by atoms with Crippen molar-refractivity contribution in [1.29, 1.82) is 5.26 Å². The predicted octanol–water partition coefficient (Wildman–Crippen LogP) is 2.89. The zero-order valence-corrected chi connectivity index (χ0v) is 8.46. The third kappa shape index (κ3) is 4.28. The van der Waals surface area contributed by atoms with Gasteiger partial charge in [-0.3, -0.25) is 0 Å². The Labute approximate surface area is 80.9 Å². The molecule has 0 radical (unpaired) electrons. The van der Waals surface area contributed by atoms with E-state index in [0.717, 1.165) is 0 Å². The Morgan fingerprint density at radius 3 is 2.46 bits per heavy atom. The van der Waals surface area contributed by atoms with Crippen LogP contribution in [0.4, 0.5) is 0 Å². The van der Waals surface area contributed by atoms with Gasteiger partial charge in [0.1, 0.15) is 0 Å². The molecule has 1 saturated carbocycles. The van der Waals surface area contributed by atoms with Gasteiger partial charge in [-0.25, -0.2) is 0 Å². The summed E-state index contributed by atoms with van der Waals surface area (Å²) >= 11 is 0. The van der Waals surface area contributed by atoms with Crippen LogP contribution in [0.5, 0.6) is 0 Å².